The number of H-pyrrole nitrogens is 1. The summed E-state index contributed by atoms with van der Waals surface area (Å²) in [6.07, 6.45) is 0. The Kier molecular flexibility index (Phi) is 2.89. The van der Waals surface area contributed by atoms with E-state index in [-0.39, 0.29) is 6.61 Å². The van der Waals surface area contributed by atoms with E-state index in [9.17, 15) is 5.11 Å². The third kappa shape index (κ3) is 1.68. The van der Waals surface area contributed by atoms with Gasteiger partial charge in [0, 0.05) is 0 Å². The molecule has 0 saturated carbocycles. The number of benzene rings is 1. The predicted molar refractivity (Wildman–Crippen MR) is 64.1 cm³/mol. The maximum Gasteiger partial charge on any atom is 0.199 e. The lowest BCUT2D eigenvalue weighted by atomic mass is 10.1. The maximum absolute atomic E-state index is 9.20. The number of aryl methyl sites for hydroxylation is 1. The minimum Gasteiger partial charge on any atom is -0.388 e. The van der Waals surface area contributed by atoms with Crippen LogP contribution in [0.1, 0.15) is 17.0 Å². The van der Waals surface area contributed by atoms with E-state index in [1.54, 1.807) is 4.57 Å². The van der Waals surface area contributed by atoms with E-state index < -0.39 is 0 Å². The summed E-state index contributed by atoms with van der Waals surface area (Å²) in [5.74, 6) is 0.527. The van der Waals surface area contributed by atoms with Gasteiger partial charge < -0.3 is 5.11 Å². The maximum atomic E-state index is 9.20. The molecule has 0 fully saturated rings. The number of nitrogens with zero attached hydrogens (tertiary/aromatic N) is 2. The van der Waals surface area contributed by atoms with Gasteiger partial charge in [0.05, 0.1) is 5.69 Å². The highest BCUT2D eigenvalue weighted by molar-refractivity contribution is 7.71. The molecule has 0 aliphatic carbocycles. The van der Waals surface area contributed by atoms with Crippen LogP contribution in [0.2, 0.25) is 0 Å². The number of hydrogen-bond donors (Lipinski definition) is 2. The van der Waals surface area contributed by atoms with Gasteiger partial charge in [0.1, 0.15) is 6.61 Å². The molecule has 1 heterocycles. The molecular formula is C11H13N3OS. The number of aliphatic hydroxyl groups excluding tert-OH is 1. The first-order valence-corrected chi connectivity index (χ1v) is 5.39. The number of aliphatic hydroxyl groups is 1. The molecule has 1 aromatic carbocycles. The molecule has 2 aromatic rings. The second-order valence-corrected chi connectivity index (χ2v) is 4.04. The van der Waals surface area contributed by atoms with Crippen molar-refractivity contribution in [3.05, 3.63) is 39.9 Å². The molecule has 2 rings (SSSR count). The zero-order chi connectivity index (χ0) is 11.7. The third-order valence-electron chi connectivity index (χ3n) is 2.70. The van der Waals surface area contributed by atoms with Crippen molar-refractivity contribution in [2.45, 2.75) is 20.5 Å². The number of aromatic amines is 1. The van der Waals surface area contributed by atoms with E-state index in [4.69, 9.17) is 12.2 Å². The summed E-state index contributed by atoms with van der Waals surface area (Å²) >= 11 is 5.16. The van der Waals surface area contributed by atoms with Gasteiger partial charge in [-0.1, -0.05) is 12.1 Å². The van der Waals surface area contributed by atoms with E-state index in [1.807, 2.05) is 32.0 Å². The lowest BCUT2D eigenvalue weighted by molar-refractivity contribution is 0.268. The second kappa shape index (κ2) is 4.19. The minimum absolute atomic E-state index is 0.138. The van der Waals surface area contributed by atoms with Crippen molar-refractivity contribution in [1.29, 1.82) is 0 Å². The molecule has 0 amide bonds. The summed E-state index contributed by atoms with van der Waals surface area (Å²) < 4.78 is 2.26. The van der Waals surface area contributed by atoms with Gasteiger partial charge in [-0.15, -0.1) is 0 Å². The van der Waals surface area contributed by atoms with Crippen LogP contribution in [0.3, 0.4) is 0 Å². The number of hydrogen-bond acceptors (Lipinski definition) is 3. The average Bonchev–Trinajstić information content (AvgIpc) is 2.64. The van der Waals surface area contributed by atoms with Gasteiger partial charge in [-0.05, 0) is 43.3 Å². The standard InChI is InChI=1S/C11H13N3OS/c1-7-4-3-5-9(8(7)2)14-10(6-15)12-13-11(14)16/h3-5,15H,6H2,1-2H3,(H,13,16). The fraction of sp³-hybridized carbons (Fsp3) is 0.273. The van der Waals surface area contributed by atoms with Crippen LogP contribution in [0.5, 0.6) is 0 Å². The van der Waals surface area contributed by atoms with Gasteiger partial charge in [0.2, 0.25) is 0 Å². The quantitative estimate of drug-likeness (QED) is 0.783. The smallest absolute Gasteiger partial charge is 0.199 e. The zero-order valence-corrected chi connectivity index (χ0v) is 10.0. The van der Waals surface area contributed by atoms with Crippen molar-refractivity contribution >= 4 is 12.2 Å². The molecule has 0 unspecified atom stereocenters. The Morgan fingerprint density at radius 2 is 2.19 bits per heavy atom. The molecule has 1 aromatic heterocycles. The molecule has 2 N–H and O–H groups in total. The molecule has 0 atom stereocenters. The topological polar surface area (TPSA) is 53.8 Å². The highest BCUT2D eigenvalue weighted by atomic mass is 32.1. The minimum atomic E-state index is -0.138. The molecule has 0 aliphatic heterocycles. The molecule has 0 aliphatic rings. The fourth-order valence-electron chi connectivity index (χ4n) is 1.66. The van der Waals surface area contributed by atoms with Gasteiger partial charge in [-0.2, -0.15) is 5.10 Å². The molecule has 0 spiro atoms. The van der Waals surface area contributed by atoms with Crippen LogP contribution < -0.4 is 0 Å². The monoisotopic (exact) mass is 235 g/mol. The second-order valence-electron chi connectivity index (χ2n) is 3.66. The van der Waals surface area contributed by atoms with E-state index >= 15 is 0 Å². The van der Waals surface area contributed by atoms with Gasteiger partial charge in [0.25, 0.3) is 0 Å². The summed E-state index contributed by atoms with van der Waals surface area (Å²) in [5.41, 5.74) is 3.28. The molecular weight excluding hydrogens is 222 g/mol. The summed E-state index contributed by atoms with van der Waals surface area (Å²) in [4.78, 5) is 0. The third-order valence-corrected chi connectivity index (χ3v) is 2.97. The Balaban J connectivity index is 2.72. The fourth-order valence-corrected chi connectivity index (χ4v) is 1.91. The van der Waals surface area contributed by atoms with Crippen molar-refractivity contribution in [1.82, 2.24) is 14.8 Å². The first kappa shape index (κ1) is 11.0. The normalized spacial score (nSPS) is 10.7. The molecule has 0 bridgehead atoms. The van der Waals surface area contributed by atoms with E-state index in [2.05, 4.69) is 10.2 Å². The number of nitrogens with one attached hydrogen (secondary N) is 1. The van der Waals surface area contributed by atoms with Crippen LogP contribution in [-0.2, 0) is 6.61 Å². The summed E-state index contributed by atoms with van der Waals surface area (Å²) in [6, 6.07) is 5.97. The molecule has 16 heavy (non-hydrogen) atoms. The van der Waals surface area contributed by atoms with Crippen LogP contribution in [0.15, 0.2) is 18.2 Å². The van der Waals surface area contributed by atoms with Crippen molar-refractivity contribution in [2.24, 2.45) is 0 Å². The number of rotatable bonds is 2. The Bertz CT molecular complexity index is 571. The van der Waals surface area contributed by atoms with Crippen LogP contribution >= 0.6 is 12.2 Å². The first-order chi connectivity index (χ1) is 7.65. The van der Waals surface area contributed by atoms with E-state index in [1.165, 1.54) is 5.56 Å². The highest BCUT2D eigenvalue weighted by Gasteiger charge is 2.09. The Labute approximate surface area is 98.6 Å². The average molecular weight is 235 g/mol. The SMILES string of the molecule is Cc1cccc(-n2c(CO)n[nH]c2=S)c1C. The van der Waals surface area contributed by atoms with E-state index in [0.717, 1.165) is 11.3 Å². The van der Waals surface area contributed by atoms with Gasteiger partial charge in [-0.3, -0.25) is 9.67 Å². The summed E-state index contributed by atoms with van der Waals surface area (Å²) in [7, 11) is 0. The predicted octanol–water partition coefficient (Wildman–Crippen LogP) is 2.04. The van der Waals surface area contributed by atoms with Gasteiger partial charge in [0.15, 0.2) is 10.6 Å². The summed E-state index contributed by atoms with van der Waals surface area (Å²) in [5, 5.41) is 15.9. The Morgan fingerprint density at radius 3 is 2.88 bits per heavy atom. The molecule has 84 valence electrons. The zero-order valence-electron chi connectivity index (χ0n) is 9.19. The molecule has 4 nitrogen and oxygen atoms in total. The highest BCUT2D eigenvalue weighted by Crippen LogP contribution is 2.19. The lowest BCUT2D eigenvalue weighted by Gasteiger charge is -2.10. The molecule has 5 heteroatoms. The van der Waals surface area contributed by atoms with Crippen molar-refractivity contribution in [3.8, 4) is 5.69 Å². The largest absolute Gasteiger partial charge is 0.388 e. The van der Waals surface area contributed by atoms with Crippen molar-refractivity contribution in [3.63, 3.8) is 0 Å². The Morgan fingerprint density at radius 1 is 1.44 bits per heavy atom. The lowest BCUT2D eigenvalue weighted by Crippen LogP contribution is -2.04. The first-order valence-electron chi connectivity index (χ1n) is 4.99. The molecule has 0 saturated heterocycles. The molecule has 0 radical (unpaired) electrons. The van der Waals surface area contributed by atoms with Crippen LogP contribution in [0.25, 0.3) is 5.69 Å². The van der Waals surface area contributed by atoms with Gasteiger partial charge in [-0.25, -0.2) is 0 Å². The van der Waals surface area contributed by atoms with Gasteiger partial charge >= 0.3 is 0 Å². The van der Waals surface area contributed by atoms with Crippen LogP contribution in [0, 0.1) is 18.6 Å². The van der Waals surface area contributed by atoms with Crippen LogP contribution in [-0.4, -0.2) is 19.9 Å². The van der Waals surface area contributed by atoms with Crippen molar-refractivity contribution in [2.75, 3.05) is 0 Å². The van der Waals surface area contributed by atoms with E-state index in [0.29, 0.717) is 10.6 Å². The Hall–Kier alpha value is -1.46. The van der Waals surface area contributed by atoms with Crippen molar-refractivity contribution < 1.29 is 5.11 Å². The summed E-state index contributed by atoms with van der Waals surface area (Å²) in [6.45, 7) is 3.93. The number of aromatic nitrogens is 3. The van der Waals surface area contributed by atoms with Crippen LogP contribution in [0.4, 0.5) is 0 Å².